The molecule has 4 aliphatic carbocycles. The average molecular weight is 603 g/mol. The summed E-state index contributed by atoms with van der Waals surface area (Å²) in [4.78, 5) is 26.4. The van der Waals surface area contributed by atoms with E-state index in [-0.39, 0.29) is 55.2 Å². The first-order valence-corrected chi connectivity index (χ1v) is 15.8. The van der Waals surface area contributed by atoms with E-state index in [0.717, 1.165) is 31.3 Å². The summed E-state index contributed by atoms with van der Waals surface area (Å²) in [5.41, 5.74) is 1.15. The normalized spacial score (nSPS) is 46.9. The van der Waals surface area contributed by atoms with Crippen molar-refractivity contribution >= 4 is 11.8 Å². The van der Waals surface area contributed by atoms with Crippen molar-refractivity contribution in [1.29, 1.82) is 0 Å². The summed E-state index contributed by atoms with van der Waals surface area (Å²) in [6.07, 6.45) is 3.68. The molecular formula is C33H46O10. The Morgan fingerprint density at radius 2 is 1.86 bits per heavy atom. The number of hydrogen-bond acceptors (Lipinski definition) is 10. The van der Waals surface area contributed by atoms with E-state index in [1.165, 1.54) is 5.57 Å². The number of hydrogen-bond donors (Lipinski definition) is 5. The zero-order valence-corrected chi connectivity index (χ0v) is 25.2. The molecule has 9 unspecified atom stereocenters. The van der Waals surface area contributed by atoms with E-state index in [9.17, 15) is 35.1 Å². The van der Waals surface area contributed by atoms with Gasteiger partial charge in [0.1, 0.15) is 24.4 Å². The maximum atomic E-state index is 13.2. The van der Waals surface area contributed by atoms with Crippen LogP contribution < -0.4 is 0 Å². The summed E-state index contributed by atoms with van der Waals surface area (Å²) < 4.78 is 16.8. The zero-order chi connectivity index (χ0) is 30.8. The van der Waals surface area contributed by atoms with Crippen molar-refractivity contribution in [2.24, 2.45) is 40.4 Å². The molecule has 0 aromatic heterocycles. The van der Waals surface area contributed by atoms with Crippen LogP contribution in [0, 0.1) is 40.4 Å². The molecule has 0 aromatic carbocycles. The second kappa shape index (κ2) is 11.5. The van der Waals surface area contributed by atoms with Gasteiger partial charge in [-0.3, -0.25) is 4.79 Å². The molecule has 238 valence electrons. The highest BCUT2D eigenvalue weighted by Gasteiger charge is 2.64. The van der Waals surface area contributed by atoms with Crippen LogP contribution in [0.25, 0.3) is 0 Å². The fourth-order valence-electron chi connectivity index (χ4n) is 9.74. The van der Waals surface area contributed by atoms with Crippen LogP contribution in [0.2, 0.25) is 0 Å². The Bertz CT molecular complexity index is 1220. The van der Waals surface area contributed by atoms with Crippen molar-refractivity contribution in [3.8, 4) is 0 Å². The number of cyclic esters (lactones) is 1. The van der Waals surface area contributed by atoms with Crippen LogP contribution >= 0.6 is 0 Å². The summed E-state index contributed by atoms with van der Waals surface area (Å²) in [5, 5.41) is 52.3. The third-order valence-electron chi connectivity index (χ3n) is 12.4. The maximum absolute atomic E-state index is 13.2. The first kappa shape index (κ1) is 31.1. The topological polar surface area (TPSA) is 163 Å². The van der Waals surface area contributed by atoms with E-state index in [0.29, 0.717) is 18.4 Å². The summed E-state index contributed by atoms with van der Waals surface area (Å²) in [6.45, 7) is 5.43. The van der Waals surface area contributed by atoms with Crippen LogP contribution in [0.5, 0.6) is 0 Å². The fourth-order valence-corrected chi connectivity index (χ4v) is 9.74. The predicted octanol–water partition coefficient (Wildman–Crippen LogP) is 1.58. The molecule has 5 N–H and O–H groups in total. The third-order valence-corrected chi connectivity index (χ3v) is 12.4. The van der Waals surface area contributed by atoms with Gasteiger partial charge >= 0.3 is 5.97 Å². The van der Waals surface area contributed by atoms with Crippen molar-refractivity contribution in [2.45, 2.75) is 96.1 Å². The highest BCUT2D eigenvalue weighted by molar-refractivity contribution is 5.98. The second-order valence-corrected chi connectivity index (χ2v) is 14.1. The minimum atomic E-state index is -1.46. The average Bonchev–Trinajstić information content (AvgIpc) is 3.32. The molecule has 10 heteroatoms. The number of aliphatic hydroxyl groups is 5. The highest BCUT2D eigenvalue weighted by atomic mass is 16.7. The number of carbonyl (C=O) groups is 2. The van der Waals surface area contributed by atoms with Crippen LogP contribution in [-0.2, 0) is 23.8 Å². The van der Waals surface area contributed by atoms with Crippen molar-refractivity contribution < 1.29 is 49.3 Å². The number of rotatable bonds is 6. The first-order chi connectivity index (χ1) is 20.4. The lowest BCUT2D eigenvalue weighted by Crippen LogP contribution is -2.58. The molecule has 10 nitrogen and oxygen atoms in total. The van der Waals surface area contributed by atoms with E-state index in [1.54, 1.807) is 6.08 Å². The van der Waals surface area contributed by atoms with E-state index >= 15 is 0 Å². The van der Waals surface area contributed by atoms with Gasteiger partial charge in [0.15, 0.2) is 12.1 Å². The van der Waals surface area contributed by atoms with Gasteiger partial charge in [0.05, 0.1) is 30.3 Å². The molecule has 0 aromatic rings. The van der Waals surface area contributed by atoms with Gasteiger partial charge in [0.25, 0.3) is 0 Å². The van der Waals surface area contributed by atoms with Gasteiger partial charge in [-0.2, -0.15) is 0 Å². The monoisotopic (exact) mass is 602 g/mol. The predicted molar refractivity (Wildman–Crippen MR) is 153 cm³/mol. The van der Waals surface area contributed by atoms with Crippen molar-refractivity contribution in [2.75, 3.05) is 19.8 Å². The van der Waals surface area contributed by atoms with Crippen LogP contribution in [0.4, 0.5) is 0 Å². The third kappa shape index (κ3) is 4.80. The minimum absolute atomic E-state index is 0.0688. The Hall–Kier alpha value is -1.92. The molecule has 13 atom stereocenters. The van der Waals surface area contributed by atoms with E-state index in [4.69, 9.17) is 14.2 Å². The number of fused-ring (bicyclic) bond motifs is 5. The first-order valence-electron chi connectivity index (χ1n) is 15.8. The smallest absolute Gasteiger partial charge is 0.336 e. The summed E-state index contributed by atoms with van der Waals surface area (Å²) in [6, 6.07) is 0. The van der Waals surface area contributed by atoms with Crippen molar-refractivity contribution in [3.63, 3.8) is 0 Å². The van der Waals surface area contributed by atoms with Crippen molar-refractivity contribution in [1.82, 2.24) is 0 Å². The van der Waals surface area contributed by atoms with Crippen LogP contribution in [0.15, 0.2) is 34.9 Å². The lowest BCUT2D eigenvalue weighted by molar-refractivity contribution is -0.267. The molecule has 0 amide bonds. The van der Waals surface area contributed by atoms with Gasteiger partial charge in [0, 0.05) is 18.9 Å². The molecule has 0 radical (unpaired) electrons. The largest absolute Gasteiger partial charge is 0.458 e. The molecule has 6 aliphatic rings. The number of allylic oxidation sites excluding steroid dienone is 4. The maximum Gasteiger partial charge on any atom is 0.336 e. The van der Waals surface area contributed by atoms with Crippen LogP contribution in [0.1, 0.15) is 59.3 Å². The van der Waals surface area contributed by atoms with Gasteiger partial charge in [-0.1, -0.05) is 30.2 Å². The van der Waals surface area contributed by atoms with E-state index in [2.05, 4.69) is 19.9 Å². The SMILES string of the molecule is CC1=C(COC2OCC(O)[C@@H](O)C2O)C(=O)O[C@@H](C(CO)C2CCC3C4CC=C5CC=CC(=O)[C@]5(C)[C@H]4CC(O)C23C)C1. The fraction of sp³-hybridized carbons (Fsp3) is 0.758. The quantitative estimate of drug-likeness (QED) is 0.223. The van der Waals surface area contributed by atoms with E-state index in [1.807, 2.05) is 13.0 Å². The lowest BCUT2D eigenvalue weighted by atomic mass is 9.46. The highest BCUT2D eigenvalue weighted by Crippen LogP contribution is 2.66. The second-order valence-electron chi connectivity index (χ2n) is 14.1. The number of ether oxygens (including phenoxy) is 3. The Morgan fingerprint density at radius 3 is 2.58 bits per heavy atom. The van der Waals surface area contributed by atoms with E-state index < -0.39 is 53.6 Å². The van der Waals surface area contributed by atoms with Gasteiger partial charge in [-0.15, -0.1) is 0 Å². The Labute approximate surface area is 252 Å². The molecule has 0 bridgehead atoms. The standard InChI is InChI=1S/C33H46O10/c1-16-11-25(43-30(40)20(16)14-41-31-29(39)28(38)24(35)15-42-31)19(13-34)22-10-9-21-18-8-7-17-5-4-6-26(36)32(17,2)23(18)12-27(37)33(21,22)3/h4,6-7,18-19,21-25,27-29,31,34-35,37-39H,5,8-15H2,1-3H3/t18?,19?,21?,22?,23-,24?,25+,27?,28+,29?,31?,32-,33?/m0/s1. The number of ketones is 1. The summed E-state index contributed by atoms with van der Waals surface area (Å²) in [5.74, 6) is -0.354. The molecule has 2 heterocycles. The summed E-state index contributed by atoms with van der Waals surface area (Å²) >= 11 is 0. The molecule has 2 saturated carbocycles. The van der Waals surface area contributed by atoms with Gasteiger partial charge in [0.2, 0.25) is 0 Å². The Morgan fingerprint density at radius 1 is 1.09 bits per heavy atom. The van der Waals surface area contributed by atoms with Crippen molar-refractivity contribution in [3.05, 3.63) is 34.9 Å². The lowest BCUT2D eigenvalue weighted by Gasteiger charge is -2.58. The van der Waals surface area contributed by atoms with Crippen LogP contribution in [0.3, 0.4) is 0 Å². The number of esters is 1. The minimum Gasteiger partial charge on any atom is -0.458 e. The molecule has 3 fully saturated rings. The molecule has 2 aliphatic heterocycles. The Kier molecular flexibility index (Phi) is 8.28. The van der Waals surface area contributed by atoms with Crippen LogP contribution in [-0.4, -0.2) is 93.9 Å². The zero-order valence-electron chi connectivity index (χ0n) is 25.2. The number of aliphatic hydroxyl groups excluding tert-OH is 5. The number of carbonyl (C=O) groups excluding carboxylic acids is 2. The van der Waals surface area contributed by atoms with Gasteiger partial charge in [-0.25, -0.2) is 4.79 Å². The molecule has 1 saturated heterocycles. The molecule has 43 heavy (non-hydrogen) atoms. The van der Waals surface area contributed by atoms with Gasteiger partial charge in [-0.05, 0) is 81.1 Å². The molecular weight excluding hydrogens is 556 g/mol. The summed E-state index contributed by atoms with van der Waals surface area (Å²) in [7, 11) is 0. The van der Waals surface area contributed by atoms with Gasteiger partial charge < -0.3 is 39.7 Å². The molecule has 6 rings (SSSR count). The Balaban J connectivity index is 1.18. The molecule has 0 spiro atoms.